The summed E-state index contributed by atoms with van der Waals surface area (Å²) in [4.78, 5) is 0. The van der Waals surface area contributed by atoms with Gasteiger partial charge in [-0.2, -0.15) is 0 Å². The standard InChI is InChI=1S/C12H19NO2/c1-4-11(14)8-13-10-5-6-12(15-3)9(2)7-10/h5-7,11,13-14H,4,8H2,1-3H3. The number of aliphatic hydroxyl groups excluding tert-OH is 1. The smallest absolute Gasteiger partial charge is 0.121 e. The molecule has 0 spiro atoms. The van der Waals surface area contributed by atoms with Crippen LogP contribution in [0.15, 0.2) is 18.2 Å². The Kier molecular flexibility index (Phi) is 4.43. The van der Waals surface area contributed by atoms with E-state index < -0.39 is 0 Å². The Hall–Kier alpha value is -1.22. The van der Waals surface area contributed by atoms with Crippen LogP contribution >= 0.6 is 0 Å². The van der Waals surface area contributed by atoms with Crippen LogP contribution in [-0.2, 0) is 0 Å². The summed E-state index contributed by atoms with van der Waals surface area (Å²) in [5.74, 6) is 0.886. The van der Waals surface area contributed by atoms with Gasteiger partial charge in [-0.15, -0.1) is 0 Å². The van der Waals surface area contributed by atoms with Crippen LogP contribution in [-0.4, -0.2) is 24.9 Å². The van der Waals surface area contributed by atoms with Gasteiger partial charge in [0.2, 0.25) is 0 Å². The first-order valence-electron chi connectivity index (χ1n) is 5.24. The van der Waals surface area contributed by atoms with Gasteiger partial charge in [0.25, 0.3) is 0 Å². The molecule has 1 aromatic rings. The summed E-state index contributed by atoms with van der Waals surface area (Å²) in [7, 11) is 1.66. The second kappa shape index (κ2) is 5.61. The van der Waals surface area contributed by atoms with E-state index in [0.29, 0.717) is 6.54 Å². The molecule has 0 bridgehead atoms. The molecule has 0 heterocycles. The van der Waals surface area contributed by atoms with Crippen LogP contribution < -0.4 is 10.1 Å². The molecule has 15 heavy (non-hydrogen) atoms. The zero-order chi connectivity index (χ0) is 11.3. The lowest BCUT2D eigenvalue weighted by Gasteiger charge is -2.12. The van der Waals surface area contributed by atoms with Crippen LogP contribution in [0.3, 0.4) is 0 Å². The van der Waals surface area contributed by atoms with Crippen molar-refractivity contribution >= 4 is 5.69 Å². The Morgan fingerprint density at radius 2 is 2.20 bits per heavy atom. The van der Waals surface area contributed by atoms with Crippen LogP contribution in [0.2, 0.25) is 0 Å². The summed E-state index contributed by atoms with van der Waals surface area (Å²) in [6.07, 6.45) is 0.481. The molecule has 0 fully saturated rings. The fraction of sp³-hybridized carbons (Fsp3) is 0.500. The maximum Gasteiger partial charge on any atom is 0.121 e. The highest BCUT2D eigenvalue weighted by atomic mass is 16.5. The number of aliphatic hydroxyl groups is 1. The second-order valence-corrected chi connectivity index (χ2v) is 3.63. The van der Waals surface area contributed by atoms with Crippen molar-refractivity contribution in [3.05, 3.63) is 23.8 Å². The minimum atomic E-state index is -0.285. The maximum atomic E-state index is 9.40. The Labute approximate surface area is 91.1 Å². The van der Waals surface area contributed by atoms with Crippen molar-refractivity contribution in [2.45, 2.75) is 26.4 Å². The van der Waals surface area contributed by atoms with Crippen molar-refractivity contribution in [1.82, 2.24) is 0 Å². The van der Waals surface area contributed by atoms with Crippen molar-refractivity contribution in [3.8, 4) is 5.75 Å². The summed E-state index contributed by atoms with van der Waals surface area (Å²) in [6, 6.07) is 5.89. The third-order valence-electron chi connectivity index (χ3n) is 2.41. The molecule has 1 unspecified atom stereocenters. The molecule has 0 amide bonds. The first-order valence-corrected chi connectivity index (χ1v) is 5.24. The molecular weight excluding hydrogens is 190 g/mol. The number of ether oxygens (including phenoxy) is 1. The highest BCUT2D eigenvalue weighted by molar-refractivity contribution is 5.50. The zero-order valence-electron chi connectivity index (χ0n) is 9.58. The van der Waals surface area contributed by atoms with Crippen LogP contribution in [0.5, 0.6) is 5.75 Å². The van der Waals surface area contributed by atoms with Crippen LogP contribution in [0, 0.1) is 6.92 Å². The first kappa shape index (κ1) is 11.9. The van der Waals surface area contributed by atoms with E-state index >= 15 is 0 Å². The monoisotopic (exact) mass is 209 g/mol. The average Bonchev–Trinajstić information content (AvgIpc) is 2.26. The van der Waals surface area contributed by atoms with E-state index in [9.17, 15) is 5.11 Å². The van der Waals surface area contributed by atoms with Crippen LogP contribution in [0.1, 0.15) is 18.9 Å². The third kappa shape index (κ3) is 3.44. The molecule has 3 nitrogen and oxygen atoms in total. The van der Waals surface area contributed by atoms with Gasteiger partial charge in [0.05, 0.1) is 13.2 Å². The van der Waals surface area contributed by atoms with Gasteiger partial charge in [0, 0.05) is 12.2 Å². The van der Waals surface area contributed by atoms with Gasteiger partial charge in [-0.3, -0.25) is 0 Å². The predicted octanol–water partition coefficient (Wildman–Crippen LogP) is 2.19. The van der Waals surface area contributed by atoms with Crippen molar-refractivity contribution in [2.24, 2.45) is 0 Å². The molecule has 0 saturated heterocycles. The molecule has 0 saturated carbocycles. The Balaban J connectivity index is 2.59. The lowest BCUT2D eigenvalue weighted by molar-refractivity contribution is 0.183. The number of hydrogen-bond acceptors (Lipinski definition) is 3. The normalized spacial score (nSPS) is 12.3. The molecule has 0 aliphatic rings. The number of nitrogens with one attached hydrogen (secondary N) is 1. The lowest BCUT2D eigenvalue weighted by atomic mass is 10.2. The second-order valence-electron chi connectivity index (χ2n) is 3.63. The Morgan fingerprint density at radius 1 is 1.47 bits per heavy atom. The van der Waals surface area contributed by atoms with Gasteiger partial charge in [-0.05, 0) is 37.1 Å². The van der Waals surface area contributed by atoms with E-state index in [4.69, 9.17) is 4.74 Å². The van der Waals surface area contributed by atoms with Crippen LogP contribution in [0.25, 0.3) is 0 Å². The van der Waals surface area contributed by atoms with E-state index in [1.807, 2.05) is 32.0 Å². The fourth-order valence-electron chi connectivity index (χ4n) is 1.37. The largest absolute Gasteiger partial charge is 0.496 e. The summed E-state index contributed by atoms with van der Waals surface area (Å²) in [5.41, 5.74) is 2.11. The predicted molar refractivity (Wildman–Crippen MR) is 62.5 cm³/mol. The third-order valence-corrected chi connectivity index (χ3v) is 2.41. The molecule has 3 heteroatoms. The molecule has 0 radical (unpaired) electrons. The highest BCUT2D eigenvalue weighted by Crippen LogP contribution is 2.21. The fourth-order valence-corrected chi connectivity index (χ4v) is 1.37. The van der Waals surface area contributed by atoms with E-state index in [1.165, 1.54) is 0 Å². The molecule has 1 atom stereocenters. The SMILES string of the molecule is CCC(O)CNc1ccc(OC)c(C)c1. The molecular formula is C12H19NO2. The molecule has 1 aromatic carbocycles. The maximum absolute atomic E-state index is 9.40. The van der Waals surface area contributed by atoms with Crippen molar-refractivity contribution < 1.29 is 9.84 Å². The molecule has 2 N–H and O–H groups in total. The van der Waals surface area contributed by atoms with Crippen molar-refractivity contribution in [1.29, 1.82) is 0 Å². The summed E-state index contributed by atoms with van der Waals surface area (Å²) in [5, 5.41) is 12.6. The van der Waals surface area contributed by atoms with Gasteiger partial charge in [-0.1, -0.05) is 6.92 Å². The van der Waals surface area contributed by atoms with Gasteiger partial charge < -0.3 is 15.2 Å². The van der Waals surface area contributed by atoms with E-state index in [-0.39, 0.29) is 6.10 Å². The Bertz CT molecular complexity index is 312. The molecule has 0 aliphatic carbocycles. The van der Waals surface area contributed by atoms with Crippen molar-refractivity contribution in [2.75, 3.05) is 19.0 Å². The molecule has 0 aliphatic heterocycles. The highest BCUT2D eigenvalue weighted by Gasteiger charge is 2.02. The molecule has 84 valence electrons. The number of aryl methyl sites for hydroxylation is 1. The lowest BCUT2D eigenvalue weighted by Crippen LogP contribution is -2.18. The minimum absolute atomic E-state index is 0.285. The van der Waals surface area contributed by atoms with E-state index in [1.54, 1.807) is 7.11 Å². The summed E-state index contributed by atoms with van der Waals surface area (Å²) >= 11 is 0. The van der Waals surface area contributed by atoms with Gasteiger partial charge in [-0.25, -0.2) is 0 Å². The number of anilines is 1. The van der Waals surface area contributed by atoms with E-state index in [0.717, 1.165) is 23.4 Å². The first-order chi connectivity index (χ1) is 7.17. The number of rotatable bonds is 5. The van der Waals surface area contributed by atoms with Gasteiger partial charge in [0.15, 0.2) is 0 Å². The van der Waals surface area contributed by atoms with Gasteiger partial charge >= 0.3 is 0 Å². The molecule has 0 aromatic heterocycles. The number of methoxy groups -OCH3 is 1. The zero-order valence-corrected chi connectivity index (χ0v) is 9.58. The average molecular weight is 209 g/mol. The Morgan fingerprint density at radius 3 is 2.73 bits per heavy atom. The van der Waals surface area contributed by atoms with Crippen molar-refractivity contribution in [3.63, 3.8) is 0 Å². The van der Waals surface area contributed by atoms with E-state index in [2.05, 4.69) is 5.32 Å². The summed E-state index contributed by atoms with van der Waals surface area (Å²) < 4.78 is 5.17. The molecule has 1 rings (SSSR count). The quantitative estimate of drug-likeness (QED) is 0.781. The van der Waals surface area contributed by atoms with Gasteiger partial charge in [0.1, 0.15) is 5.75 Å². The number of hydrogen-bond donors (Lipinski definition) is 2. The van der Waals surface area contributed by atoms with Crippen LogP contribution in [0.4, 0.5) is 5.69 Å². The number of benzene rings is 1. The topological polar surface area (TPSA) is 41.5 Å². The summed E-state index contributed by atoms with van der Waals surface area (Å²) in [6.45, 7) is 4.55. The minimum Gasteiger partial charge on any atom is -0.496 e.